The van der Waals surface area contributed by atoms with Crippen LogP contribution in [0.25, 0.3) is 0 Å². The summed E-state index contributed by atoms with van der Waals surface area (Å²) in [5.74, 6) is 1.43. The minimum atomic E-state index is -0.251. The molecule has 3 rings (SSSR count). The molecule has 2 nitrogen and oxygen atoms in total. The van der Waals surface area contributed by atoms with Crippen molar-refractivity contribution in [2.24, 2.45) is 5.92 Å². The molecular formula is C15H19ClO2. The van der Waals surface area contributed by atoms with Gasteiger partial charge in [0.25, 0.3) is 0 Å². The maximum Gasteiger partial charge on any atom is 0.126 e. The van der Waals surface area contributed by atoms with Crippen LogP contribution in [0.2, 0.25) is 5.02 Å². The number of aliphatic hydroxyl groups excluding tert-OH is 1. The zero-order valence-corrected chi connectivity index (χ0v) is 11.2. The van der Waals surface area contributed by atoms with Crippen molar-refractivity contribution in [1.82, 2.24) is 0 Å². The van der Waals surface area contributed by atoms with Crippen molar-refractivity contribution >= 4 is 11.6 Å². The third-order valence-electron chi connectivity index (χ3n) is 4.20. The molecule has 1 atom stereocenters. The Labute approximate surface area is 113 Å². The van der Waals surface area contributed by atoms with Gasteiger partial charge in [-0.25, -0.2) is 0 Å². The maximum atomic E-state index is 10.3. The Balaban J connectivity index is 1.79. The second kappa shape index (κ2) is 5.10. The molecule has 1 heterocycles. The predicted octanol–water partition coefficient (Wildman–Crippen LogP) is 3.37. The van der Waals surface area contributed by atoms with E-state index in [1.807, 2.05) is 12.1 Å². The molecule has 0 amide bonds. The van der Waals surface area contributed by atoms with E-state index in [0.29, 0.717) is 12.3 Å². The minimum Gasteiger partial charge on any atom is -0.493 e. The average Bonchev–Trinajstić information content (AvgIpc) is 2.98. The SMILES string of the molecule is OC(Cc1cc(Cl)cc2c1OCC2)C1CCCC1. The lowest BCUT2D eigenvalue weighted by Crippen LogP contribution is -2.20. The second-order valence-corrected chi connectivity index (χ2v) is 5.90. The van der Waals surface area contributed by atoms with Crippen molar-refractivity contribution < 1.29 is 9.84 Å². The van der Waals surface area contributed by atoms with Crippen molar-refractivity contribution in [3.05, 3.63) is 28.3 Å². The largest absolute Gasteiger partial charge is 0.493 e. The summed E-state index contributed by atoms with van der Waals surface area (Å²) in [6, 6.07) is 3.93. The van der Waals surface area contributed by atoms with Crippen molar-refractivity contribution in [2.75, 3.05) is 6.61 Å². The van der Waals surface area contributed by atoms with Gasteiger partial charge in [-0.1, -0.05) is 24.4 Å². The third-order valence-corrected chi connectivity index (χ3v) is 4.42. The molecule has 1 aliphatic heterocycles. The molecule has 3 heteroatoms. The van der Waals surface area contributed by atoms with E-state index in [1.165, 1.54) is 18.4 Å². The first-order valence-electron chi connectivity index (χ1n) is 6.86. The fraction of sp³-hybridized carbons (Fsp3) is 0.600. The quantitative estimate of drug-likeness (QED) is 0.909. The second-order valence-electron chi connectivity index (χ2n) is 5.47. The number of benzene rings is 1. The van der Waals surface area contributed by atoms with E-state index < -0.39 is 0 Å². The van der Waals surface area contributed by atoms with Crippen molar-refractivity contribution in [3.8, 4) is 5.75 Å². The summed E-state index contributed by atoms with van der Waals surface area (Å²) >= 11 is 6.13. The highest BCUT2D eigenvalue weighted by Crippen LogP contribution is 2.36. The van der Waals surface area contributed by atoms with E-state index in [2.05, 4.69) is 0 Å². The van der Waals surface area contributed by atoms with Crippen LogP contribution in [0.1, 0.15) is 36.8 Å². The van der Waals surface area contributed by atoms with Gasteiger partial charge in [-0.05, 0) is 42.0 Å². The number of hydrogen-bond acceptors (Lipinski definition) is 2. The van der Waals surface area contributed by atoms with Crippen LogP contribution >= 0.6 is 11.6 Å². The monoisotopic (exact) mass is 266 g/mol. The van der Waals surface area contributed by atoms with Gasteiger partial charge in [-0.3, -0.25) is 0 Å². The normalized spacial score (nSPS) is 20.8. The fourth-order valence-electron chi connectivity index (χ4n) is 3.23. The maximum absolute atomic E-state index is 10.3. The first-order valence-corrected chi connectivity index (χ1v) is 7.24. The fourth-order valence-corrected chi connectivity index (χ4v) is 3.50. The summed E-state index contributed by atoms with van der Waals surface area (Å²) in [4.78, 5) is 0. The molecule has 2 aliphatic rings. The van der Waals surface area contributed by atoms with Gasteiger partial charge in [0.1, 0.15) is 5.75 Å². The van der Waals surface area contributed by atoms with E-state index in [1.54, 1.807) is 0 Å². The van der Waals surface area contributed by atoms with Crippen LogP contribution in [-0.2, 0) is 12.8 Å². The van der Waals surface area contributed by atoms with Gasteiger partial charge in [0.15, 0.2) is 0 Å². The molecule has 0 bridgehead atoms. The predicted molar refractivity (Wildman–Crippen MR) is 72.3 cm³/mol. The van der Waals surface area contributed by atoms with E-state index in [-0.39, 0.29) is 6.10 Å². The van der Waals surface area contributed by atoms with E-state index in [4.69, 9.17) is 16.3 Å². The van der Waals surface area contributed by atoms with E-state index in [9.17, 15) is 5.11 Å². The Morgan fingerprint density at radius 2 is 2.11 bits per heavy atom. The molecule has 0 aromatic heterocycles. The molecule has 1 aliphatic carbocycles. The van der Waals surface area contributed by atoms with E-state index >= 15 is 0 Å². The van der Waals surface area contributed by atoms with Crippen LogP contribution in [-0.4, -0.2) is 17.8 Å². The molecule has 0 spiro atoms. The van der Waals surface area contributed by atoms with Crippen LogP contribution in [0.5, 0.6) is 5.75 Å². The van der Waals surface area contributed by atoms with Crippen LogP contribution < -0.4 is 4.74 Å². The Hall–Kier alpha value is -0.730. The summed E-state index contributed by atoms with van der Waals surface area (Å²) in [5.41, 5.74) is 2.27. The molecular weight excluding hydrogens is 248 g/mol. The highest BCUT2D eigenvalue weighted by Gasteiger charge is 2.26. The van der Waals surface area contributed by atoms with Crippen molar-refractivity contribution in [1.29, 1.82) is 0 Å². The summed E-state index contributed by atoms with van der Waals surface area (Å²) in [6.45, 7) is 0.738. The van der Waals surface area contributed by atoms with Crippen molar-refractivity contribution in [2.45, 2.75) is 44.6 Å². The number of halogens is 1. The minimum absolute atomic E-state index is 0.251. The highest BCUT2D eigenvalue weighted by atomic mass is 35.5. The van der Waals surface area contributed by atoms with Gasteiger partial charge >= 0.3 is 0 Å². The van der Waals surface area contributed by atoms with E-state index in [0.717, 1.165) is 42.2 Å². The highest BCUT2D eigenvalue weighted by molar-refractivity contribution is 6.30. The number of hydrogen-bond donors (Lipinski definition) is 1. The molecule has 1 aromatic carbocycles. The smallest absolute Gasteiger partial charge is 0.126 e. The molecule has 1 N–H and O–H groups in total. The number of aliphatic hydroxyl groups is 1. The molecule has 1 aromatic rings. The summed E-state index contributed by atoms with van der Waals surface area (Å²) in [5, 5.41) is 11.1. The first kappa shape index (κ1) is 12.3. The van der Waals surface area contributed by atoms with Gasteiger partial charge in [0, 0.05) is 17.9 Å². The molecule has 0 radical (unpaired) electrons. The summed E-state index contributed by atoms with van der Waals surface area (Å²) < 4.78 is 5.68. The lowest BCUT2D eigenvalue weighted by atomic mass is 9.93. The molecule has 1 fully saturated rings. The van der Waals surface area contributed by atoms with Gasteiger partial charge in [0.2, 0.25) is 0 Å². The Morgan fingerprint density at radius 3 is 2.89 bits per heavy atom. The van der Waals surface area contributed by atoms with Crippen LogP contribution in [0, 0.1) is 5.92 Å². The summed E-state index contributed by atoms with van der Waals surface area (Å²) in [6.07, 6.45) is 6.18. The Kier molecular flexibility index (Phi) is 3.49. The topological polar surface area (TPSA) is 29.5 Å². The standard InChI is InChI=1S/C15H19ClO2/c16-13-7-11-5-6-18-15(11)12(8-13)9-14(17)10-3-1-2-4-10/h7-8,10,14,17H,1-6,9H2. The van der Waals surface area contributed by atoms with Gasteiger partial charge in [0.05, 0.1) is 12.7 Å². The first-order chi connectivity index (χ1) is 8.74. The summed E-state index contributed by atoms with van der Waals surface area (Å²) in [7, 11) is 0. The van der Waals surface area contributed by atoms with Gasteiger partial charge in [-0.15, -0.1) is 0 Å². The zero-order chi connectivity index (χ0) is 12.5. The molecule has 1 saturated carbocycles. The molecule has 18 heavy (non-hydrogen) atoms. The zero-order valence-electron chi connectivity index (χ0n) is 10.5. The molecule has 0 saturated heterocycles. The average molecular weight is 267 g/mol. The molecule has 1 unspecified atom stereocenters. The lowest BCUT2D eigenvalue weighted by Gasteiger charge is -2.19. The van der Waals surface area contributed by atoms with Crippen LogP contribution in [0.15, 0.2) is 12.1 Å². The Bertz CT molecular complexity index is 438. The lowest BCUT2D eigenvalue weighted by molar-refractivity contribution is 0.110. The number of fused-ring (bicyclic) bond motifs is 1. The number of ether oxygens (including phenoxy) is 1. The van der Waals surface area contributed by atoms with Gasteiger partial charge in [-0.2, -0.15) is 0 Å². The van der Waals surface area contributed by atoms with Gasteiger partial charge < -0.3 is 9.84 Å². The van der Waals surface area contributed by atoms with Crippen LogP contribution in [0.4, 0.5) is 0 Å². The third kappa shape index (κ3) is 2.36. The van der Waals surface area contributed by atoms with Crippen molar-refractivity contribution in [3.63, 3.8) is 0 Å². The number of rotatable bonds is 3. The molecule has 98 valence electrons. The Morgan fingerprint density at radius 1 is 1.33 bits per heavy atom. The van der Waals surface area contributed by atoms with Crippen LogP contribution in [0.3, 0.4) is 0 Å².